The zero-order chi connectivity index (χ0) is 12.3. The molecule has 0 radical (unpaired) electrons. The van der Waals surface area contributed by atoms with E-state index in [0.717, 1.165) is 12.3 Å². The molecule has 2 fully saturated rings. The van der Waals surface area contributed by atoms with Crippen molar-refractivity contribution in [2.24, 2.45) is 11.8 Å². The Balaban J connectivity index is 2.07. The largest absolute Gasteiger partial charge is 0.459 e. The lowest BCUT2D eigenvalue weighted by Crippen LogP contribution is -2.45. The van der Waals surface area contributed by atoms with Crippen molar-refractivity contribution in [2.75, 3.05) is 0 Å². The predicted octanol–water partition coefficient (Wildman–Crippen LogP) is 4.08. The fraction of sp³-hybridized carbons (Fsp3) is 0.933. The molecule has 17 heavy (non-hydrogen) atoms. The van der Waals surface area contributed by atoms with E-state index in [4.69, 9.17) is 4.74 Å². The molecule has 2 atom stereocenters. The van der Waals surface area contributed by atoms with Crippen LogP contribution in [0.1, 0.15) is 71.6 Å². The van der Waals surface area contributed by atoms with Gasteiger partial charge in [-0.2, -0.15) is 0 Å². The molecule has 2 unspecified atom stereocenters. The van der Waals surface area contributed by atoms with Gasteiger partial charge in [0, 0.05) is 12.8 Å². The maximum Gasteiger partial charge on any atom is 0.303 e. The highest BCUT2D eigenvalue weighted by Gasteiger charge is 2.43. The Morgan fingerprint density at radius 3 is 2.35 bits per heavy atom. The van der Waals surface area contributed by atoms with E-state index in [1.165, 1.54) is 51.4 Å². The third kappa shape index (κ3) is 3.02. The lowest BCUT2D eigenvalue weighted by atomic mass is 9.66. The van der Waals surface area contributed by atoms with Crippen LogP contribution in [-0.4, -0.2) is 11.6 Å². The van der Waals surface area contributed by atoms with E-state index in [0.29, 0.717) is 5.92 Å². The molecule has 0 aromatic rings. The zero-order valence-corrected chi connectivity index (χ0v) is 11.3. The van der Waals surface area contributed by atoms with Gasteiger partial charge in [-0.3, -0.25) is 4.79 Å². The van der Waals surface area contributed by atoms with E-state index in [1.807, 2.05) is 0 Å². The van der Waals surface area contributed by atoms with E-state index in [2.05, 4.69) is 6.92 Å². The summed E-state index contributed by atoms with van der Waals surface area (Å²) in [7, 11) is 0. The van der Waals surface area contributed by atoms with Crippen LogP contribution >= 0.6 is 0 Å². The van der Waals surface area contributed by atoms with Crippen LogP contribution in [0.2, 0.25) is 0 Å². The summed E-state index contributed by atoms with van der Waals surface area (Å²) in [5.74, 6) is 1.31. The first-order valence-electron chi connectivity index (χ1n) is 7.31. The average molecular weight is 238 g/mol. The molecule has 2 rings (SSSR count). The van der Waals surface area contributed by atoms with E-state index in [1.54, 1.807) is 6.92 Å². The standard InChI is InChI=1S/C15H26O2/c1-12(16)17-15(2)11-7-6-10-14(15)13-8-4-3-5-9-13/h13-14H,3-11H2,1-2H3. The number of hydrogen-bond acceptors (Lipinski definition) is 2. The third-order valence-corrected chi connectivity index (χ3v) is 4.82. The molecule has 0 heterocycles. The van der Waals surface area contributed by atoms with Gasteiger partial charge in [-0.05, 0) is 32.1 Å². The molecule has 2 saturated carbocycles. The van der Waals surface area contributed by atoms with Gasteiger partial charge < -0.3 is 4.74 Å². The highest BCUT2D eigenvalue weighted by molar-refractivity contribution is 5.66. The molecule has 2 aliphatic carbocycles. The van der Waals surface area contributed by atoms with Crippen molar-refractivity contribution in [3.05, 3.63) is 0 Å². The van der Waals surface area contributed by atoms with Crippen LogP contribution in [0.3, 0.4) is 0 Å². The monoisotopic (exact) mass is 238 g/mol. The molecule has 0 N–H and O–H groups in total. The number of esters is 1. The third-order valence-electron chi connectivity index (χ3n) is 4.82. The van der Waals surface area contributed by atoms with E-state index in [9.17, 15) is 4.79 Å². The number of carbonyl (C=O) groups excluding carboxylic acids is 1. The fourth-order valence-corrected chi connectivity index (χ4v) is 4.06. The SMILES string of the molecule is CC(=O)OC1(C)CCCCC1C1CCCCC1. The number of ether oxygens (including phenoxy) is 1. The van der Waals surface area contributed by atoms with Crippen LogP contribution in [-0.2, 0) is 9.53 Å². The summed E-state index contributed by atoms with van der Waals surface area (Å²) in [6.45, 7) is 3.73. The van der Waals surface area contributed by atoms with Crippen LogP contribution in [0.25, 0.3) is 0 Å². The Kier molecular flexibility index (Phi) is 4.11. The molecule has 98 valence electrons. The normalized spacial score (nSPS) is 35.5. The van der Waals surface area contributed by atoms with E-state index < -0.39 is 0 Å². The van der Waals surface area contributed by atoms with Gasteiger partial charge in [0.1, 0.15) is 5.60 Å². The summed E-state index contributed by atoms with van der Waals surface area (Å²) < 4.78 is 5.71. The molecule has 2 aliphatic rings. The van der Waals surface area contributed by atoms with Gasteiger partial charge in [-0.15, -0.1) is 0 Å². The molecule has 0 spiro atoms. The minimum Gasteiger partial charge on any atom is -0.459 e. The first-order valence-corrected chi connectivity index (χ1v) is 7.31. The average Bonchev–Trinajstić information content (AvgIpc) is 2.29. The molecular weight excluding hydrogens is 212 g/mol. The molecule has 2 nitrogen and oxygen atoms in total. The van der Waals surface area contributed by atoms with Crippen molar-refractivity contribution >= 4 is 5.97 Å². The lowest BCUT2D eigenvalue weighted by molar-refractivity contribution is -0.169. The second-order valence-corrected chi connectivity index (χ2v) is 6.16. The van der Waals surface area contributed by atoms with E-state index >= 15 is 0 Å². The van der Waals surface area contributed by atoms with Crippen molar-refractivity contribution < 1.29 is 9.53 Å². The highest BCUT2D eigenvalue weighted by Crippen LogP contribution is 2.45. The highest BCUT2D eigenvalue weighted by atomic mass is 16.6. The maximum absolute atomic E-state index is 11.3. The van der Waals surface area contributed by atoms with Crippen molar-refractivity contribution in [3.63, 3.8) is 0 Å². The summed E-state index contributed by atoms with van der Waals surface area (Å²) in [6, 6.07) is 0. The Morgan fingerprint density at radius 1 is 1.06 bits per heavy atom. The van der Waals surface area contributed by atoms with Gasteiger partial charge in [0.15, 0.2) is 0 Å². The maximum atomic E-state index is 11.3. The van der Waals surface area contributed by atoms with Gasteiger partial charge in [0.25, 0.3) is 0 Å². The van der Waals surface area contributed by atoms with Gasteiger partial charge in [0.05, 0.1) is 0 Å². The predicted molar refractivity (Wildman–Crippen MR) is 68.7 cm³/mol. The van der Waals surface area contributed by atoms with Gasteiger partial charge >= 0.3 is 5.97 Å². The molecule has 0 saturated heterocycles. The number of carbonyl (C=O) groups is 1. The van der Waals surface area contributed by atoms with Crippen LogP contribution < -0.4 is 0 Å². The van der Waals surface area contributed by atoms with Crippen LogP contribution in [0.4, 0.5) is 0 Å². The Morgan fingerprint density at radius 2 is 1.71 bits per heavy atom. The first-order chi connectivity index (χ1) is 8.12. The smallest absolute Gasteiger partial charge is 0.303 e. The minimum atomic E-state index is -0.175. The molecule has 0 aromatic carbocycles. The van der Waals surface area contributed by atoms with Crippen molar-refractivity contribution in [1.82, 2.24) is 0 Å². The number of rotatable bonds is 2. The van der Waals surface area contributed by atoms with Crippen molar-refractivity contribution in [1.29, 1.82) is 0 Å². The molecule has 0 aliphatic heterocycles. The van der Waals surface area contributed by atoms with Crippen molar-refractivity contribution in [3.8, 4) is 0 Å². The fourth-order valence-electron chi connectivity index (χ4n) is 4.06. The molecule has 0 aromatic heterocycles. The number of hydrogen-bond donors (Lipinski definition) is 0. The summed E-state index contributed by atoms with van der Waals surface area (Å²) >= 11 is 0. The molecule has 2 heteroatoms. The topological polar surface area (TPSA) is 26.3 Å². The first kappa shape index (κ1) is 12.9. The summed E-state index contributed by atoms with van der Waals surface area (Å²) in [4.78, 5) is 11.3. The van der Waals surface area contributed by atoms with Crippen molar-refractivity contribution in [2.45, 2.75) is 77.2 Å². The lowest BCUT2D eigenvalue weighted by Gasteiger charge is -2.45. The molecular formula is C15H26O2. The summed E-state index contributed by atoms with van der Waals surface area (Å²) in [6.07, 6.45) is 11.7. The van der Waals surface area contributed by atoms with Crippen LogP contribution in [0.15, 0.2) is 0 Å². The minimum absolute atomic E-state index is 0.102. The Hall–Kier alpha value is -0.530. The van der Waals surface area contributed by atoms with Crippen LogP contribution in [0, 0.1) is 11.8 Å². The summed E-state index contributed by atoms with van der Waals surface area (Å²) in [5, 5.41) is 0. The van der Waals surface area contributed by atoms with Gasteiger partial charge in [-0.25, -0.2) is 0 Å². The zero-order valence-electron chi connectivity index (χ0n) is 11.3. The summed E-state index contributed by atoms with van der Waals surface area (Å²) in [5.41, 5.74) is -0.175. The van der Waals surface area contributed by atoms with Crippen LogP contribution in [0.5, 0.6) is 0 Å². The molecule has 0 amide bonds. The second-order valence-electron chi connectivity index (χ2n) is 6.16. The van der Waals surface area contributed by atoms with E-state index in [-0.39, 0.29) is 11.6 Å². The Labute approximate surface area is 105 Å². The van der Waals surface area contributed by atoms with Gasteiger partial charge in [-0.1, -0.05) is 38.5 Å². The molecule has 0 bridgehead atoms. The Bertz CT molecular complexity index is 268. The van der Waals surface area contributed by atoms with Gasteiger partial charge in [0.2, 0.25) is 0 Å². The quantitative estimate of drug-likeness (QED) is 0.678. The second kappa shape index (κ2) is 5.41.